The molecule has 2 heterocycles. The van der Waals surface area contributed by atoms with Gasteiger partial charge in [-0.05, 0) is 30.4 Å². The van der Waals surface area contributed by atoms with Crippen molar-refractivity contribution in [2.75, 3.05) is 20.1 Å². The van der Waals surface area contributed by atoms with Crippen molar-refractivity contribution >= 4 is 17.5 Å². The Morgan fingerprint density at radius 2 is 1.73 bits per heavy atom. The van der Waals surface area contributed by atoms with Crippen LogP contribution in [0, 0.1) is 5.41 Å². The molecular formula is C24H28N4O2. The summed E-state index contributed by atoms with van der Waals surface area (Å²) in [6.45, 7) is 0.885. The van der Waals surface area contributed by atoms with Gasteiger partial charge in [0.05, 0.1) is 11.8 Å². The van der Waals surface area contributed by atoms with Gasteiger partial charge in [0.15, 0.2) is 0 Å². The molecule has 2 amide bonds. The minimum absolute atomic E-state index is 0.0447. The standard InChI is InChI=1S/C24H28N4O2/c1-27-23(30)24(16-19-10-6-3-7-11-19)17-28(15-14-21(24)26-27)22(29)20(25)13-12-18-8-4-2-5-9-18/h2-11,20H,12-17,25H2,1H3/t20-,24-/m1/s1. The van der Waals surface area contributed by atoms with Crippen molar-refractivity contribution in [3.8, 4) is 0 Å². The molecule has 30 heavy (non-hydrogen) atoms. The van der Waals surface area contributed by atoms with Crippen molar-refractivity contribution in [3.63, 3.8) is 0 Å². The zero-order valence-corrected chi connectivity index (χ0v) is 17.3. The summed E-state index contributed by atoms with van der Waals surface area (Å²) in [6.07, 6.45) is 2.48. The summed E-state index contributed by atoms with van der Waals surface area (Å²) in [4.78, 5) is 28.1. The summed E-state index contributed by atoms with van der Waals surface area (Å²) in [5.41, 5.74) is 8.60. The minimum Gasteiger partial charge on any atom is -0.339 e. The van der Waals surface area contributed by atoms with E-state index in [4.69, 9.17) is 5.73 Å². The van der Waals surface area contributed by atoms with Gasteiger partial charge in [-0.25, -0.2) is 5.01 Å². The summed E-state index contributed by atoms with van der Waals surface area (Å²) < 4.78 is 0. The third kappa shape index (κ3) is 3.87. The molecule has 1 saturated heterocycles. The van der Waals surface area contributed by atoms with Crippen molar-refractivity contribution in [2.24, 2.45) is 16.3 Å². The predicted molar refractivity (Wildman–Crippen MR) is 117 cm³/mol. The third-order valence-electron chi connectivity index (χ3n) is 6.17. The first-order valence-corrected chi connectivity index (χ1v) is 10.5. The maximum atomic E-state index is 13.2. The molecule has 2 atom stereocenters. The van der Waals surface area contributed by atoms with Crippen molar-refractivity contribution < 1.29 is 9.59 Å². The second-order valence-electron chi connectivity index (χ2n) is 8.26. The van der Waals surface area contributed by atoms with E-state index >= 15 is 0 Å². The maximum Gasteiger partial charge on any atom is 0.256 e. The first-order chi connectivity index (χ1) is 14.5. The molecule has 2 aliphatic heterocycles. The molecule has 0 radical (unpaired) electrons. The Labute approximate surface area is 177 Å². The molecule has 0 saturated carbocycles. The summed E-state index contributed by atoms with van der Waals surface area (Å²) in [5, 5.41) is 5.94. The predicted octanol–water partition coefficient (Wildman–Crippen LogP) is 2.24. The lowest BCUT2D eigenvalue weighted by Crippen LogP contribution is -2.58. The number of hydrazone groups is 1. The second kappa shape index (κ2) is 8.40. The van der Waals surface area contributed by atoms with Gasteiger partial charge in [-0.3, -0.25) is 9.59 Å². The van der Waals surface area contributed by atoms with Gasteiger partial charge in [-0.15, -0.1) is 0 Å². The van der Waals surface area contributed by atoms with Gasteiger partial charge in [-0.1, -0.05) is 60.7 Å². The molecule has 2 N–H and O–H groups in total. The van der Waals surface area contributed by atoms with Crippen molar-refractivity contribution in [3.05, 3.63) is 71.8 Å². The lowest BCUT2D eigenvalue weighted by atomic mass is 9.73. The highest BCUT2D eigenvalue weighted by Crippen LogP contribution is 2.38. The van der Waals surface area contributed by atoms with Gasteiger partial charge in [0.2, 0.25) is 5.91 Å². The SMILES string of the molecule is CN1N=C2CCN(C(=O)[C@H](N)CCc3ccccc3)C[C@@]2(Cc2ccccc2)C1=O. The second-order valence-corrected chi connectivity index (χ2v) is 8.26. The van der Waals surface area contributed by atoms with Crippen LogP contribution in [0.4, 0.5) is 0 Å². The number of amides is 2. The molecule has 0 aromatic heterocycles. The van der Waals surface area contributed by atoms with E-state index in [0.717, 1.165) is 17.7 Å². The number of piperidine rings is 1. The fourth-order valence-corrected chi connectivity index (χ4v) is 4.54. The van der Waals surface area contributed by atoms with Crippen molar-refractivity contribution in [1.29, 1.82) is 0 Å². The van der Waals surface area contributed by atoms with E-state index in [-0.39, 0.29) is 11.8 Å². The van der Waals surface area contributed by atoms with Gasteiger partial charge in [0.1, 0.15) is 5.41 Å². The van der Waals surface area contributed by atoms with Gasteiger partial charge in [0, 0.05) is 26.6 Å². The highest BCUT2D eigenvalue weighted by Gasteiger charge is 2.53. The Morgan fingerprint density at radius 1 is 1.10 bits per heavy atom. The van der Waals surface area contributed by atoms with Gasteiger partial charge in [0.25, 0.3) is 5.91 Å². The molecule has 0 aliphatic carbocycles. The highest BCUT2D eigenvalue weighted by molar-refractivity contribution is 6.13. The van der Waals surface area contributed by atoms with E-state index in [0.29, 0.717) is 32.4 Å². The van der Waals surface area contributed by atoms with E-state index in [9.17, 15) is 9.59 Å². The number of likely N-dealkylation sites (tertiary alicyclic amines) is 1. The monoisotopic (exact) mass is 404 g/mol. The van der Waals surface area contributed by atoms with Gasteiger partial charge < -0.3 is 10.6 Å². The van der Waals surface area contributed by atoms with Crippen LogP contribution in [0.3, 0.4) is 0 Å². The molecule has 2 aromatic carbocycles. The topological polar surface area (TPSA) is 79.0 Å². The molecule has 0 spiro atoms. The Kier molecular flexibility index (Phi) is 5.68. The highest BCUT2D eigenvalue weighted by atomic mass is 16.2. The largest absolute Gasteiger partial charge is 0.339 e. The van der Waals surface area contributed by atoms with Crippen LogP contribution in [-0.4, -0.2) is 53.6 Å². The fraction of sp³-hybridized carbons (Fsp3) is 0.375. The molecule has 0 unspecified atom stereocenters. The average molecular weight is 405 g/mol. The zero-order valence-electron chi connectivity index (χ0n) is 17.3. The summed E-state index contributed by atoms with van der Waals surface area (Å²) in [5.74, 6) is -0.128. The molecule has 4 rings (SSSR count). The molecule has 6 nitrogen and oxygen atoms in total. The molecule has 0 bridgehead atoms. The van der Waals surface area contributed by atoms with Crippen LogP contribution < -0.4 is 5.73 Å². The van der Waals surface area contributed by atoms with Crippen LogP contribution in [0.25, 0.3) is 0 Å². The van der Waals surface area contributed by atoms with E-state index in [2.05, 4.69) is 5.10 Å². The quantitative estimate of drug-likeness (QED) is 0.802. The number of nitrogens with zero attached hydrogens (tertiary/aromatic N) is 3. The van der Waals surface area contributed by atoms with Crippen LogP contribution in [0.15, 0.2) is 65.8 Å². The number of nitrogens with two attached hydrogens (primary N) is 1. The number of aryl methyl sites for hydroxylation is 1. The number of fused-ring (bicyclic) bond motifs is 1. The van der Waals surface area contributed by atoms with Crippen molar-refractivity contribution in [2.45, 2.75) is 31.7 Å². The smallest absolute Gasteiger partial charge is 0.256 e. The Hall–Kier alpha value is -2.99. The van der Waals surface area contributed by atoms with Gasteiger partial charge in [-0.2, -0.15) is 5.10 Å². The van der Waals surface area contributed by atoms with E-state index in [1.165, 1.54) is 10.6 Å². The molecule has 6 heteroatoms. The lowest BCUT2D eigenvalue weighted by molar-refractivity contribution is -0.140. The zero-order chi connectivity index (χ0) is 21.1. The molecule has 2 aliphatic rings. The number of benzene rings is 2. The fourth-order valence-electron chi connectivity index (χ4n) is 4.54. The Balaban J connectivity index is 1.49. The normalized spacial score (nSPS) is 21.9. The van der Waals surface area contributed by atoms with Crippen molar-refractivity contribution in [1.82, 2.24) is 9.91 Å². The Bertz CT molecular complexity index is 944. The number of hydrogen-bond donors (Lipinski definition) is 1. The summed E-state index contributed by atoms with van der Waals surface area (Å²) in [7, 11) is 1.69. The van der Waals surface area contributed by atoms with Crippen LogP contribution in [-0.2, 0) is 22.4 Å². The summed E-state index contributed by atoms with van der Waals surface area (Å²) >= 11 is 0. The maximum absolute atomic E-state index is 13.2. The van der Waals surface area contributed by atoms with Crippen LogP contribution >= 0.6 is 0 Å². The first kappa shape index (κ1) is 20.3. The summed E-state index contributed by atoms with van der Waals surface area (Å²) in [6, 6.07) is 19.4. The minimum atomic E-state index is -0.789. The molecule has 1 fully saturated rings. The number of carbonyl (C=O) groups is 2. The van der Waals surface area contributed by atoms with Crippen LogP contribution in [0.5, 0.6) is 0 Å². The Morgan fingerprint density at radius 3 is 2.40 bits per heavy atom. The average Bonchev–Trinajstić information content (AvgIpc) is 3.02. The van der Waals surface area contributed by atoms with E-state index in [1.54, 1.807) is 11.9 Å². The molecule has 156 valence electrons. The molecular weight excluding hydrogens is 376 g/mol. The number of hydrogen-bond acceptors (Lipinski definition) is 4. The third-order valence-corrected chi connectivity index (χ3v) is 6.17. The first-order valence-electron chi connectivity index (χ1n) is 10.5. The number of carbonyl (C=O) groups excluding carboxylic acids is 2. The van der Waals surface area contributed by atoms with Crippen LogP contribution in [0.1, 0.15) is 24.0 Å². The van der Waals surface area contributed by atoms with Crippen LogP contribution in [0.2, 0.25) is 0 Å². The van der Waals surface area contributed by atoms with E-state index < -0.39 is 11.5 Å². The van der Waals surface area contributed by atoms with Gasteiger partial charge >= 0.3 is 0 Å². The van der Waals surface area contributed by atoms with E-state index in [1.807, 2.05) is 60.7 Å². The lowest BCUT2D eigenvalue weighted by Gasteiger charge is -2.40. The molecule has 2 aromatic rings. The number of rotatable bonds is 6.